The third-order valence-corrected chi connectivity index (χ3v) is 6.50. The summed E-state index contributed by atoms with van der Waals surface area (Å²) in [6.45, 7) is 8.31. The normalized spacial score (nSPS) is 16.8. The van der Waals surface area contributed by atoms with Crippen molar-refractivity contribution in [3.63, 3.8) is 0 Å². The van der Waals surface area contributed by atoms with Crippen molar-refractivity contribution in [1.82, 2.24) is 9.88 Å². The van der Waals surface area contributed by atoms with Crippen molar-refractivity contribution < 1.29 is 4.39 Å². The van der Waals surface area contributed by atoms with Gasteiger partial charge in [-0.2, -0.15) is 0 Å². The van der Waals surface area contributed by atoms with Crippen LogP contribution in [0.4, 0.5) is 10.1 Å². The molecule has 4 nitrogen and oxygen atoms in total. The Morgan fingerprint density at radius 1 is 1.11 bits per heavy atom. The highest BCUT2D eigenvalue weighted by Gasteiger charge is 2.24. The molecule has 0 saturated carbocycles. The molecule has 6 heteroatoms. The van der Waals surface area contributed by atoms with Crippen LogP contribution in [0, 0.1) is 5.82 Å². The van der Waals surface area contributed by atoms with E-state index in [4.69, 9.17) is 5.73 Å². The maximum atomic E-state index is 13.4. The molecule has 2 aromatic carbocycles. The van der Waals surface area contributed by atoms with Gasteiger partial charge in [-0.05, 0) is 35.7 Å². The molecule has 2 heterocycles. The number of aromatic nitrogens is 1. The monoisotopic (exact) mass is 398 g/mol. The molecule has 1 saturated heterocycles. The maximum absolute atomic E-state index is 13.4. The molecule has 148 valence electrons. The predicted octanol–water partition coefficient (Wildman–Crippen LogP) is 4.21. The second-order valence-electron chi connectivity index (χ2n) is 7.73. The summed E-state index contributed by atoms with van der Waals surface area (Å²) in [5, 5.41) is 0.973. The average molecular weight is 399 g/mol. The van der Waals surface area contributed by atoms with Gasteiger partial charge in [0.05, 0.1) is 21.4 Å². The molecule has 2 N–H and O–H groups in total. The standard InChI is InChI=1S/C22H27FN4S/c1-15(2)17-5-3-4-6-19(17)26-9-11-27(12-10-26)21(24)14-22-25-18-8-7-16(23)13-20(18)28-22/h3-8,13,15,21H,9-12,14,24H2,1-2H3. The van der Waals surface area contributed by atoms with E-state index in [2.05, 4.69) is 52.9 Å². The largest absolute Gasteiger partial charge is 0.369 e. The van der Waals surface area contributed by atoms with Gasteiger partial charge in [-0.3, -0.25) is 4.90 Å². The number of rotatable bonds is 5. The average Bonchev–Trinajstić information content (AvgIpc) is 3.09. The lowest BCUT2D eigenvalue weighted by Gasteiger charge is -2.39. The number of hydrogen-bond acceptors (Lipinski definition) is 5. The summed E-state index contributed by atoms with van der Waals surface area (Å²) in [6.07, 6.45) is 0.636. The molecule has 28 heavy (non-hydrogen) atoms. The number of hydrogen-bond donors (Lipinski definition) is 1. The van der Waals surface area contributed by atoms with E-state index in [1.807, 2.05) is 0 Å². The van der Waals surface area contributed by atoms with Gasteiger partial charge in [0.25, 0.3) is 0 Å². The smallest absolute Gasteiger partial charge is 0.124 e. The number of anilines is 1. The quantitative estimate of drug-likeness (QED) is 0.699. The van der Waals surface area contributed by atoms with Crippen molar-refractivity contribution in [3.8, 4) is 0 Å². The van der Waals surface area contributed by atoms with Gasteiger partial charge in [-0.15, -0.1) is 11.3 Å². The van der Waals surface area contributed by atoms with Crippen LogP contribution in [0.15, 0.2) is 42.5 Å². The molecule has 0 aliphatic carbocycles. The SMILES string of the molecule is CC(C)c1ccccc1N1CCN(C(N)Cc2nc3ccc(F)cc3s2)CC1. The first-order valence-electron chi connectivity index (χ1n) is 9.90. The Balaban J connectivity index is 1.39. The molecular weight excluding hydrogens is 371 g/mol. The second kappa shape index (κ2) is 8.15. The summed E-state index contributed by atoms with van der Waals surface area (Å²) in [5.41, 5.74) is 10.1. The van der Waals surface area contributed by atoms with Gasteiger partial charge in [0.2, 0.25) is 0 Å². The Labute approximate surface area is 169 Å². The van der Waals surface area contributed by atoms with E-state index in [1.54, 1.807) is 12.1 Å². The predicted molar refractivity (Wildman–Crippen MR) is 116 cm³/mol. The van der Waals surface area contributed by atoms with Crippen LogP contribution in [0.2, 0.25) is 0 Å². The fourth-order valence-electron chi connectivity index (χ4n) is 3.90. The van der Waals surface area contributed by atoms with Crippen LogP contribution in [-0.2, 0) is 6.42 Å². The van der Waals surface area contributed by atoms with E-state index < -0.39 is 0 Å². The minimum absolute atomic E-state index is 0.0621. The number of para-hydroxylation sites is 1. The molecule has 4 rings (SSSR count). The zero-order chi connectivity index (χ0) is 19.7. The topological polar surface area (TPSA) is 45.4 Å². The summed E-state index contributed by atoms with van der Waals surface area (Å²) >= 11 is 1.54. The first-order chi connectivity index (χ1) is 13.5. The van der Waals surface area contributed by atoms with E-state index in [9.17, 15) is 4.39 Å². The van der Waals surface area contributed by atoms with E-state index in [-0.39, 0.29) is 12.0 Å². The van der Waals surface area contributed by atoms with Crippen LogP contribution in [-0.4, -0.2) is 42.2 Å². The van der Waals surface area contributed by atoms with Crippen LogP contribution < -0.4 is 10.6 Å². The summed E-state index contributed by atoms with van der Waals surface area (Å²) in [5.74, 6) is 0.296. The van der Waals surface area contributed by atoms with Crippen molar-refractivity contribution in [2.24, 2.45) is 5.73 Å². The molecular formula is C22H27FN4S. The van der Waals surface area contributed by atoms with Crippen LogP contribution in [0.3, 0.4) is 0 Å². The molecule has 0 spiro atoms. The maximum Gasteiger partial charge on any atom is 0.124 e. The molecule has 1 fully saturated rings. The molecule has 0 radical (unpaired) electrons. The molecule has 0 bridgehead atoms. The third-order valence-electron chi connectivity index (χ3n) is 5.46. The molecule has 1 aromatic heterocycles. The molecule has 1 atom stereocenters. The fourth-order valence-corrected chi connectivity index (χ4v) is 4.94. The minimum Gasteiger partial charge on any atom is -0.369 e. The first-order valence-corrected chi connectivity index (χ1v) is 10.7. The van der Waals surface area contributed by atoms with Crippen LogP contribution >= 0.6 is 11.3 Å². The highest BCUT2D eigenvalue weighted by atomic mass is 32.1. The number of nitrogens with two attached hydrogens (primary N) is 1. The Morgan fingerprint density at radius 2 is 1.86 bits per heavy atom. The number of benzene rings is 2. The van der Waals surface area contributed by atoms with Gasteiger partial charge in [-0.25, -0.2) is 9.37 Å². The second-order valence-corrected chi connectivity index (χ2v) is 8.84. The van der Waals surface area contributed by atoms with Crippen molar-refractivity contribution in [3.05, 3.63) is 58.9 Å². The molecule has 3 aromatic rings. The zero-order valence-corrected chi connectivity index (χ0v) is 17.3. The lowest BCUT2D eigenvalue weighted by Crippen LogP contribution is -2.54. The number of fused-ring (bicyclic) bond motifs is 1. The fraction of sp³-hybridized carbons (Fsp3) is 0.409. The van der Waals surface area contributed by atoms with Crippen molar-refractivity contribution >= 4 is 27.2 Å². The summed E-state index contributed by atoms with van der Waals surface area (Å²) in [7, 11) is 0. The first kappa shape index (κ1) is 19.3. The Hall–Kier alpha value is -2.02. The van der Waals surface area contributed by atoms with E-state index in [0.717, 1.165) is 41.4 Å². The van der Waals surface area contributed by atoms with E-state index in [1.165, 1.54) is 28.7 Å². The Kier molecular flexibility index (Phi) is 5.62. The van der Waals surface area contributed by atoms with Gasteiger partial charge in [0.1, 0.15) is 5.82 Å². The van der Waals surface area contributed by atoms with Crippen molar-refractivity contribution in [1.29, 1.82) is 0 Å². The van der Waals surface area contributed by atoms with E-state index >= 15 is 0 Å². The van der Waals surface area contributed by atoms with Crippen LogP contribution in [0.25, 0.3) is 10.2 Å². The lowest BCUT2D eigenvalue weighted by atomic mass is 10.00. The van der Waals surface area contributed by atoms with Crippen molar-refractivity contribution in [2.45, 2.75) is 32.4 Å². The van der Waals surface area contributed by atoms with Crippen molar-refractivity contribution in [2.75, 3.05) is 31.1 Å². The van der Waals surface area contributed by atoms with Gasteiger partial charge in [0, 0.05) is 38.3 Å². The minimum atomic E-state index is -0.218. The van der Waals surface area contributed by atoms with Gasteiger partial charge >= 0.3 is 0 Å². The summed E-state index contributed by atoms with van der Waals surface area (Å²) < 4.78 is 14.3. The summed E-state index contributed by atoms with van der Waals surface area (Å²) in [6, 6.07) is 13.4. The number of halogens is 1. The lowest BCUT2D eigenvalue weighted by molar-refractivity contribution is 0.187. The Bertz CT molecular complexity index is 947. The molecule has 1 aliphatic heterocycles. The zero-order valence-electron chi connectivity index (χ0n) is 16.4. The van der Waals surface area contributed by atoms with Gasteiger partial charge < -0.3 is 10.6 Å². The third kappa shape index (κ3) is 4.04. The van der Waals surface area contributed by atoms with Crippen LogP contribution in [0.5, 0.6) is 0 Å². The molecule has 1 unspecified atom stereocenters. The van der Waals surface area contributed by atoms with E-state index in [0.29, 0.717) is 12.3 Å². The number of thiazole rings is 1. The number of piperazine rings is 1. The Morgan fingerprint density at radius 3 is 2.61 bits per heavy atom. The highest BCUT2D eigenvalue weighted by molar-refractivity contribution is 7.18. The van der Waals surface area contributed by atoms with Gasteiger partial charge in [-0.1, -0.05) is 32.0 Å². The summed E-state index contributed by atoms with van der Waals surface area (Å²) in [4.78, 5) is 9.42. The number of nitrogens with zero attached hydrogens (tertiary/aromatic N) is 3. The molecule has 0 amide bonds. The van der Waals surface area contributed by atoms with Crippen LogP contribution in [0.1, 0.15) is 30.3 Å². The highest BCUT2D eigenvalue weighted by Crippen LogP contribution is 2.28. The van der Waals surface area contributed by atoms with Gasteiger partial charge in [0.15, 0.2) is 0 Å². The molecule has 1 aliphatic rings.